The molecule has 0 aliphatic heterocycles. The van der Waals surface area contributed by atoms with Crippen LogP contribution < -0.4 is 5.32 Å². The number of rotatable bonds is 9. The molecular weight excluding hydrogens is 298 g/mol. The minimum Gasteiger partial charge on any atom is -0.468 e. The topological polar surface area (TPSA) is 72.5 Å². The first-order valence-corrected chi connectivity index (χ1v) is 9.76. The van der Waals surface area contributed by atoms with Crippen molar-refractivity contribution in [1.29, 1.82) is 0 Å². The van der Waals surface area contributed by atoms with Crippen molar-refractivity contribution in [2.75, 3.05) is 24.9 Å². The standard InChI is InChI=1S/C13H27NO4S2/c1-10(2)14-13(4,12(15)18-5)9-11(3)19-7-8-20(6,16)17/h10-11,14H,7-9H2,1-6H3. The van der Waals surface area contributed by atoms with Gasteiger partial charge in [-0.25, -0.2) is 8.42 Å². The van der Waals surface area contributed by atoms with Crippen molar-refractivity contribution in [1.82, 2.24) is 5.32 Å². The number of methoxy groups -OCH3 is 1. The maximum atomic E-state index is 11.9. The number of carbonyl (C=O) groups is 1. The second-order valence-electron chi connectivity index (χ2n) is 5.64. The summed E-state index contributed by atoms with van der Waals surface area (Å²) < 4.78 is 27.1. The summed E-state index contributed by atoms with van der Waals surface area (Å²) in [5.41, 5.74) is -0.750. The summed E-state index contributed by atoms with van der Waals surface area (Å²) in [6.07, 6.45) is 1.82. The van der Waals surface area contributed by atoms with Crippen molar-refractivity contribution in [3.05, 3.63) is 0 Å². The number of hydrogen-bond acceptors (Lipinski definition) is 6. The van der Waals surface area contributed by atoms with Gasteiger partial charge in [-0.05, 0) is 27.2 Å². The average Bonchev–Trinajstić information content (AvgIpc) is 2.24. The predicted molar refractivity (Wildman–Crippen MR) is 84.9 cm³/mol. The van der Waals surface area contributed by atoms with E-state index < -0.39 is 15.4 Å². The quantitative estimate of drug-likeness (QED) is 0.647. The lowest BCUT2D eigenvalue weighted by molar-refractivity contribution is -0.148. The zero-order chi connectivity index (χ0) is 16.0. The number of thioether (sulfide) groups is 1. The summed E-state index contributed by atoms with van der Waals surface area (Å²) in [7, 11) is -1.55. The Morgan fingerprint density at radius 1 is 1.35 bits per heavy atom. The van der Waals surface area contributed by atoms with Gasteiger partial charge in [0.05, 0.1) is 12.9 Å². The van der Waals surface area contributed by atoms with Crippen LogP contribution in [0.1, 0.15) is 34.1 Å². The van der Waals surface area contributed by atoms with Gasteiger partial charge in [-0.2, -0.15) is 11.8 Å². The van der Waals surface area contributed by atoms with Crippen molar-refractivity contribution < 1.29 is 17.9 Å². The molecular formula is C13H27NO4S2. The Balaban J connectivity index is 4.54. The van der Waals surface area contributed by atoms with Gasteiger partial charge in [-0.3, -0.25) is 10.1 Å². The van der Waals surface area contributed by atoms with E-state index in [0.29, 0.717) is 12.2 Å². The molecule has 0 aromatic heterocycles. The summed E-state index contributed by atoms with van der Waals surface area (Å²) in [4.78, 5) is 11.9. The van der Waals surface area contributed by atoms with E-state index in [0.717, 1.165) is 0 Å². The molecule has 0 aromatic rings. The van der Waals surface area contributed by atoms with Crippen molar-refractivity contribution >= 4 is 27.6 Å². The zero-order valence-electron chi connectivity index (χ0n) is 13.2. The fraction of sp³-hybridized carbons (Fsp3) is 0.923. The number of ether oxygens (including phenoxy) is 1. The van der Waals surface area contributed by atoms with Crippen molar-refractivity contribution in [2.24, 2.45) is 0 Å². The van der Waals surface area contributed by atoms with Gasteiger partial charge in [0.15, 0.2) is 0 Å². The lowest BCUT2D eigenvalue weighted by atomic mass is 9.95. The van der Waals surface area contributed by atoms with Crippen molar-refractivity contribution in [3.8, 4) is 0 Å². The molecule has 0 bridgehead atoms. The highest BCUT2D eigenvalue weighted by Gasteiger charge is 2.36. The molecule has 0 rings (SSSR count). The van der Waals surface area contributed by atoms with Gasteiger partial charge >= 0.3 is 5.97 Å². The monoisotopic (exact) mass is 325 g/mol. The number of carbonyl (C=O) groups excluding carboxylic acids is 1. The van der Waals surface area contributed by atoms with E-state index in [2.05, 4.69) is 5.32 Å². The molecule has 0 radical (unpaired) electrons. The van der Waals surface area contributed by atoms with Crippen molar-refractivity contribution in [3.63, 3.8) is 0 Å². The molecule has 2 unspecified atom stereocenters. The van der Waals surface area contributed by atoms with Crippen LogP contribution in [-0.2, 0) is 19.4 Å². The smallest absolute Gasteiger partial charge is 0.325 e. The minimum atomic E-state index is -2.93. The molecule has 0 saturated heterocycles. The largest absolute Gasteiger partial charge is 0.468 e. The van der Waals surface area contributed by atoms with Gasteiger partial charge in [0.1, 0.15) is 15.4 Å². The molecule has 0 aromatic carbocycles. The first-order chi connectivity index (χ1) is 9.00. The van der Waals surface area contributed by atoms with Crippen LogP contribution in [0.15, 0.2) is 0 Å². The van der Waals surface area contributed by atoms with Gasteiger partial charge in [-0.15, -0.1) is 0 Å². The molecule has 2 atom stereocenters. The molecule has 0 heterocycles. The van der Waals surface area contributed by atoms with E-state index in [4.69, 9.17) is 4.74 Å². The molecule has 0 aliphatic carbocycles. The van der Waals surface area contributed by atoms with Crippen LogP contribution in [0, 0.1) is 0 Å². The molecule has 0 saturated carbocycles. The second-order valence-corrected chi connectivity index (χ2v) is 9.44. The van der Waals surface area contributed by atoms with Gasteiger partial charge in [0, 0.05) is 23.3 Å². The molecule has 5 nitrogen and oxygen atoms in total. The number of esters is 1. The molecule has 20 heavy (non-hydrogen) atoms. The van der Waals surface area contributed by atoms with Gasteiger partial charge in [0.2, 0.25) is 0 Å². The summed E-state index contributed by atoms with van der Waals surface area (Å²) in [6, 6.07) is 0.160. The Morgan fingerprint density at radius 2 is 1.90 bits per heavy atom. The average molecular weight is 325 g/mol. The molecule has 7 heteroatoms. The summed E-state index contributed by atoms with van der Waals surface area (Å²) in [5.74, 6) is 0.412. The van der Waals surface area contributed by atoms with Crippen LogP contribution in [0.5, 0.6) is 0 Å². The summed E-state index contributed by atoms with van der Waals surface area (Å²) >= 11 is 1.56. The van der Waals surface area contributed by atoms with Crippen LogP contribution in [-0.4, -0.2) is 56.1 Å². The zero-order valence-corrected chi connectivity index (χ0v) is 14.9. The third-order valence-corrected chi connectivity index (χ3v) is 5.18. The maximum Gasteiger partial charge on any atom is 0.325 e. The number of hydrogen-bond donors (Lipinski definition) is 1. The maximum absolute atomic E-state index is 11.9. The Bertz CT molecular complexity index is 409. The van der Waals surface area contributed by atoms with E-state index in [9.17, 15) is 13.2 Å². The van der Waals surface area contributed by atoms with Crippen LogP contribution in [0.25, 0.3) is 0 Å². The molecule has 0 amide bonds. The molecule has 1 N–H and O–H groups in total. The van der Waals surface area contributed by atoms with Crippen LogP contribution in [0.3, 0.4) is 0 Å². The third kappa shape index (κ3) is 8.11. The third-order valence-electron chi connectivity index (χ3n) is 2.80. The lowest BCUT2D eigenvalue weighted by Gasteiger charge is -2.32. The highest BCUT2D eigenvalue weighted by molar-refractivity contribution is 8.01. The summed E-state index contributed by atoms with van der Waals surface area (Å²) in [5, 5.41) is 3.40. The normalized spacial score (nSPS) is 16.8. The Labute approximate surface area is 127 Å². The fourth-order valence-corrected chi connectivity index (χ4v) is 4.55. The van der Waals surface area contributed by atoms with E-state index >= 15 is 0 Å². The minimum absolute atomic E-state index is 0.159. The van der Waals surface area contributed by atoms with Gasteiger partial charge in [0.25, 0.3) is 0 Å². The summed E-state index contributed by atoms with van der Waals surface area (Å²) in [6.45, 7) is 7.77. The molecule has 120 valence electrons. The Kier molecular flexibility index (Phi) is 8.13. The number of sulfone groups is 1. The van der Waals surface area contributed by atoms with Crippen LogP contribution in [0.4, 0.5) is 0 Å². The second kappa shape index (κ2) is 8.24. The first-order valence-electron chi connectivity index (χ1n) is 6.65. The molecule has 0 aliphatic rings. The fourth-order valence-electron chi connectivity index (χ4n) is 2.10. The molecule has 0 fully saturated rings. The Hall–Kier alpha value is -0.270. The molecule has 0 spiro atoms. The highest BCUT2D eigenvalue weighted by atomic mass is 32.2. The van der Waals surface area contributed by atoms with Gasteiger partial charge in [-0.1, -0.05) is 6.92 Å². The lowest BCUT2D eigenvalue weighted by Crippen LogP contribution is -2.54. The van der Waals surface area contributed by atoms with Crippen LogP contribution in [0.2, 0.25) is 0 Å². The van der Waals surface area contributed by atoms with E-state index in [1.54, 1.807) is 11.8 Å². The van der Waals surface area contributed by atoms with E-state index in [-0.39, 0.29) is 23.0 Å². The number of nitrogens with one attached hydrogen (secondary N) is 1. The highest BCUT2D eigenvalue weighted by Crippen LogP contribution is 2.23. The van der Waals surface area contributed by atoms with Gasteiger partial charge < -0.3 is 4.74 Å². The SMILES string of the molecule is COC(=O)C(C)(CC(C)SCCS(C)(=O)=O)NC(C)C. The van der Waals surface area contributed by atoms with Crippen molar-refractivity contribution in [2.45, 2.75) is 50.9 Å². The van der Waals surface area contributed by atoms with E-state index in [1.165, 1.54) is 13.4 Å². The first kappa shape index (κ1) is 19.7. The van der Waals surface area contributed by atoms with Crippen LogP contribution >= 0.6 is 11.8 Å². The van der Waals surface area contributed by atoms with E-state index in [1.807, 2.05) is 27.7 Å². The predicted octanol–water partition coefficient (Wildman–Crippen LogP) is 1.47. The Morgan fingerprint density at radius 3 is 2.30 bits per heavy atom.